The summed E-state index contributed by atoms with van der Waals surface area (Å²) in [6.45, 7) is 5.53. The molecule has 0 aliphatic carbocycles. The number of rotatable bonds is 5. The molecule has 0 saturated heterocycles. The van der Waals surface area contributed by atoms with E-state index in [1.807, 2.05) is 31.2 Å². The number of benzene rings is 1. The van der Waals surface area contributed by atoms with Crippen LogP contribution in [0.25, 0.3) is 5.57 Å². The number of allylic oxidation sites excluding steroid dienone is 6. The molecule has 1 aromatic rings. The summed E-state index contributed by atoms with van der Waals surface area (Å²) >= 11 is 0. The first kappa shape index (κ1) is 18.4. The smallest absolute Gasteiger partial charge is 0.207 e. The predicted molar refractivity (Wildman–Crippen MR) is 97.6 cm³/mol. The van der Waals surface area contributed by atoms with E-state index in [0.29, 0.717) is 5.56 Å². The van der Waals surface area contributed by atoms with Gasteiger partial charge in [0.1, 0.15) is 17.7 Å². The Morgan fingerprint density at radius 1 is 1.28 bits per heavy atom. The maximum atomic E-state index is 12.9. The van der Waals surface area contributed by atoms with Gasteiger partial charge in [-0.3, -0.25) is 0 Å². The van der Waals surface area contributed by atoms with Gasteiger partial charge in [-0.25, -0.2) is 8.42 Å². The molecule has 0 bridgehead atoms. The first-order chi connectivity index (χ1) is 12.0. The third-order valence-electron chi connectivity index (χ3n) is 3.95. The molecule has 1 heterocycles. The van der Waals surface area contributed by atoms with E-state index in [1.165, 1.54) is 6.07 Å². The summed E-state index contributed by atoms with van der Waals surface area (Å²) in [7, 11) is -3.72. The van der Waals surface area contributed by atoms with E-state index < -0.39 is 9.84 Å². The van der Waals surface area contributed by atoms with E-state index in [4.69, 9.17) is 0 Å². The molecule has 25 heavy (non-hydrogen) atoms. The summed E-state index contributed by atoms with van der Waals surface area (Å²) in [5, 5.41) is 18.5. The van der Waals surface area contributed by atoms with E-state index in [9.17, 15) is 18.9 Å². The third kappa shape index (κ3) is 3.63. The average molecular weight is 350 g/mol. The second-order valence-corrected chi connectivity index (χ2v) is 7.61. The molecule has 1 aliphatic rings. The van der Waals surface area contributed by atoms with E-state index in [2.05, 4.69) is 6.58 Å². The van der Waals surface area contributed by atoms with Gasteiger partial charge < -0.3 is 0 Å². The van der Waals surface area contributed by atoms with Crippen molar-refractivity contribution in [3.8, 4) is 12.1 Å². The highest BCUT2D eigenvalue weighted by Gasteiger charge is 2.38. The first-order valence-corrected chi connectivity index (χ1v) is 9.34. The van der Waals surface area contributed by atoms with Gasteiger partial charge >= 0.3 is 0 Å². The second-order valence-electron chi connectivity index (χ2n) is 5.72. The summed E-state index contributed by atoms with van der Waals surface area (Å²) in [6.07, 6.45) is 8.69. The Morgan fingerprint density at radius 3 is 2.60 bits per heavy atom. The number of nitrogens with zero attached hydrogens (tertiary/aromatic N) is 2. The molecule has 4 nitrogen and oxygen atoms in total. The largest absolute Gasteiger partial charge is 0.218 e. The zero-order chi connectivity index (χ0) is 18.4. The van der Waals surface area contributed by atoms with Crippen LogP contribution in [-0.4, -0.2) is 8.42 Å². The molecular formula is C20H18N2O2S. The van der Waals surface area contributed by atoms with Crippen molar-refractivity contribution in [2.75, 3.05) is 0 Å². The zero-order valence-electron chi connectivity index (χ0n) is 13.9. The molecule has 2 rings (SSSR count). The van der Waals surface area contributed by atoms with Crippen molar-refractivity contribution >= 4 is 15.4 Å². The molecule has 0 aromatic heterocycles. The zero-order valence-corrected chi connectivity index (χ0v) is 14.8. The Kier molecular flexibility index (Phi) is 5.75. The van der Waals surface area contributed by atoms with Gasteiger partial charge in [0.05, 0.1) is 9.80 Å². The summed E-state index contributed by atoms with van der Waals surface area (Å²) in [6, 6.07) is 10.1. The van der Waals surface area contributed by atoms with Crippen LogP contribution < -0.4 is 0 Å². The Labute approximate surface area is 148 Å². The topological polar surface area (TPSA) is 81.7 Å². The molecule has 1 aromatic carbocycles. The molecule has 0 amide bonds. The third-order valence-corrected chi connectivity index (χ3v) is 5.81. The van der Waals surface area contributed by atoms with Crippen LogP contribution in [0.1, 0.15) is 25.3 Å². The van der Waals surface area contributed by atoms with E-state index >= 15 is 0 Å². The lowest BCUT2D eigenvalue weighted by molar-refractivity contribution is 0.602. The molecule has 0 spiro atoms. The molecule has 5 heteroatoms. The quantitative estimate of drug-likeness (QED) is 0.585. The summed E-state index contributed by atoms with van der Waals surface area (Å²) < 4.78 is 25.8. The Hall–Kier alpha value is -2.89. The number of nitriles is 2. The van der Waals surface area contributed by atoms with Crippen LogP contribution in [0, 0.1) is 28.6 Å². The summed E-state index contributed by atoms with van der Waals surface area (Å²) in [5.41, 5.74) is 0.457. The van der Waals surface area contributed by atoms with Crippen LogP contribution in [0.15, 0.2) is 70.5 Å². The van der Waals surface area contributed by atoms with Crippen LogP contribution in [0.5, 0.6) is 0 Å². The van der Waals surface area contributed by atoms with Gasteiger partial charge in [0.2, 0.25) is 9.84 Å². The highest BCUT2D eigenvalue weighted by molar-refractivity contribution is 7.96. The van der Waals surface area contributed by atoms with Crippen LogP contribution in [0.4, 0.5) is 0 Å². The Balaban J connectivity index is 2.56. The highest BCUT2D eigenvalue weighted by atomic mass is 32.2. The normalized spacial score (nSPS) is 17.7. The molecule has 126 valence electrons. The number of hydrogen-bond donors (Lipinski definition) is 0. The summed E-state index contributed by atoms with van der Waals surface area (Å²) in [5.74, 6) is -0.0258. The molecule has 1 aliphatic heterocycles. The fourth-order valence-electron chi connectivity index (χ4n) is 2.75. The SMILES string of the molecule is C=C/C=C\CCC(C)/C=C1/C(=C(C#N)C#N)c2ccccc2S1(=O)=O. The van der Waals surface area contributed by atoms with Crippen LogP contribution in [-0.2, 0) is 9.84 Å². The van der Waals surface area contributed by atoms with Gasteiger partial charge in [0.25, 0.3) is 0 Å². The van der Waals surface area contributed by atoms with Gasteiger partial charge in [-0.15, -0.1) is 0 Å². The van der Waals surface area contributed by atoms with Crippen molar-refractivity contribution in [2.45, 2.75) is 24.7 Å². The van der Waals surface area contributed by atoms with Gasteiger partial charge in [-0.05, 0) is 24.8 Å². The number of sulfone groups is 1. The number of fused-ring (bicyclic) bond motifs is 1. The van der Waals surface area contributed by atoms with E-state index in [0.717, 1.165) is 12.8 Å². The maximum absolute atomic E-state index is 12.9. The maximum Gasteiger partial charge on any atom is 0.207 e. The van der Waals surface area contributed by atoms with Crippen molar-refractivity contribution in [1.29, 1.82) is 10.5 Å². The minimum atomic E-state index is -3.72. The lowest BCUT2D eigenvalue weighted by atomic mass is 9.97. The summed E-state index contributed by atoms with van der Waals surface area (Å²) in [4.78, 5) is 0.213. The Bertz CT molecular complexity index is 952. The van der Waals surface area contributed by atoms with Crippen molar-refractivity contribution in [1.82, 2.24) is 0 Å². The molecule has 0 N–H and O–H groups in total. The minimum absolute atomic E-state index is 0.0258. The van der Waals surface area contributed by atoms with Gasteiger partial charge in [-0.1, -0.05) is 56.0 Å². The minimum Gasteiger partial charge on any atom is -0.218 e. The van der Waals surface area contributed by atoms with Crippen LogP contribution in [0.3, 0.4) is 0 Å². The van der Waals surface area contributed by atoms with E-state index in [-0.39, 0.29) is 26.9 Å². The van der Waals surface area contributed by atoms with Crippen molar-refractivity contribution in [3.05, 3.63) is 71.2 Å². The molecule has 1 unspecified atom stereocenters. The monoisotopic (exact) mass is 350 g/mol. The standard InChI is InChI=1S/C20H18N2O2S/c1-3-4-5-6-9-15(2)12-19-20(16(13-21)14-22)17-10-7-8-11-18(17)25(19,23)24/h3-5,7-8,10-12,15H,1,6,9H2,2H3/b5-4-,19-12-. The van der Waals surface area contributed by atoms with Gasteiger partial charge in [0.15, 0.2) is 0 Å². The molecule has 0 fully saturated rings. The lowest BCUT2D eigenvalue weighted by Crippen LogP contribution is -2.01. The average Bonchev–Trinajstić information content (AvgIpc) is 2.82. The fourth-order valence-corrected chi connectivity index (χ4v) is 4.60. The van der Waals surface area contributed by atoms with Gasteiger partial charge in [0, 0.05) is 11.1 Å². The van der Waals surface area contributed by atoms with Crippen LogP contribution in [0.2, 0.25) is 0 Å². The van der Waals surface area contributed by atoms with Gasteiger partial charge in [-0.2, -0.15) is 10.5 Å². The second kappa shape index (κ2) is 7.79. The van der Waals surface area contributed by atoms with Crippen LogP contribution >= 0.6 is 0 Å². The molecular weight excluding hydrogens is 332 g/mol. The lowest BCUT2D eigenvalue weighted by Gasteiger charge is -2.07. The highest BCUT2D eigenvalue weighted by Crippen LogP contribution is 2.45. The van der Waals surface area contributed by atoms with Crippen molar-refractivity contribution < 1.29 is 8.42 Å². The van der Waals surface area contributed by atoms with E-state index in [1.54, 1.807) is 30.4 Å². The fraction of sp³-hybridized carbons (Fsp3) is 0.200. The first-order valence-electron chi connectivity index (χ1n) is 7.86. The number of hydrogen-bond acceptors (Lipinski definition) is 4. The van der Waals surface area contributed by atoms with Crippen molar-refractivity contribution in [3.63, 3.8) is 0 Å². The predicted octanol–water partition coefficient (Wildman–Crippen LogP) is 4.32. The molecule has 0 radical (unpaired) electrons. The Morgan fingerprint density at radius 2 is 1.96 bits per heavy atom. The molecule has 1 atom stereocenters. The van der Waals surface area contributed by atoms with Crippen molar-refractivity contribution in [2.24, 2.45) is 5.92 Å². The molecule has 0 saturated carbocycles.